The van der Waals surface area contributed by atoms with Gasteiger partial charge in [-0.1, -0.05) is 18.5 Å². The summed E-state index contributed by atoms with van der Waals surface area (Å²) in [4.78, 5) is 7.16. The van der Waals surface area contributed by atoms with Crippen LogP contribution in [0.2, 0.25) is 5.02 Å². The standard InChI is InChI=1S/C23H26ClN3O/c1-2-26-14-11-18(12-15-26)17-23-25-13-16-27(23)20-5-9-22(10-6-20)28-21-7-3-19(24)4-8-21/h3-10,13,16,18H,2,11-12,14-15,17H2,1H3. The number of aromatic nitrogens is 2. The van der Waals surface area contributed by atoms with Gasteiger partial charge in [-0.05, 0) is 86.9 Å². The van der Waals surface area contributed by atoms with Gasteiger partial charge in [0, 0.05) is 29.5 Å². The molecular formula is C23H26ClN3O. The summed E-state index contributed by atoms with van der Waals surface area (Å²) in [6.07, 6.45) is 7.50. The monoisotopic (exact) mass is 395 g/mol. The first-order chi connectivity index (χ1) is 13.7. The van der Waals surface area contributed by atoms with Crippen molar-refractivity contribution in [3.05, 3.63) is 71.8 Å². The highest BCUT2D eigenvalue weighted by molar-refractivity contribution is 6.30. The van der Waals surface area contributed by atoms with Gasteiger partial charge in [0.2, 0.25) is 0 Å². The van der Waals surface area contributed by atoms with Gasteiger partial charge in [0.05, 0.1) is 0 Å². The Morgan fingerprint density at radius 3 is 2.29 bits per heavy atom. The molecule has 4 rings (SSSR count). The molecule has 2 heterocycles. The first-order valence-electron chi connectivity index (χ1n) is 9.99. The Morgan fingerprint density at radius 1 is 1.00 bits per heavy atom. The third kappa shape index (κ3) is 4.57. The maximum atomic E-state index is 5.93. The molecule has 0 atom stereocenters. The van der Waals surface area contributed by atoms with E-state index in [9.17, 15) is 0 Å². The molecule has 0 radical (unpaired) electrons. The number of nitrogens with zero attached hydrogens (tertiary/aromatic N) is 3. The lowest BCUT2D eigenvalue weighted by atomic mass is 9.93. The van der Waals surface area contributed by atoms with Crippen molar-refractivity contribution in [2.75, 3.05) is 19.6 Å². The fourth-order valence-electron chi connectivity index (χ4n) is 3.80. The lowest BCUT2D eigenvalue weighted by Gasteiger charge is -2.30. The number of piperidine rings is 1. The highest BCUT2D eigenvalue weighted by Crippen LogP contribution is 2.26. The summed E-state index contributed by atoms with van der Waals surface area (Å²) in [6, 6.07) is 15.5. The molecule has 1 aliphatic rings. The van der Waals surface area contributed by atoms with Gasteiger partial charge in [-0.15, -0.1) is 0 Å². The summed E-state index contributed by atoms with van der Waals surface area (Å²) >= 11 is 5.93. The van der Waals surface area contributed by atoms with Crippen LogP contribution in [-0.4, -0.2) is 34.1 Å². The minimum absolute atomic E-state index is 0.704. The van der Waals surface area contributed by atoms with Crippen LogP contribution in [0.3, 0.4) is 0 Å². The van der Waals surface area contributed by atoms with Gasteiger partial charge < -0.3 is 14.2 Å². The molecule has 0 spiro atoms. The minimum Gasteiger partial charge on any atom is -0.457 e. The van der Waals surface area contributed by atoms with E-state index in [0.29, 0.717) is 5.02 Å². The first-order valence-corrected chi connectivity index (χ1v) is 10.4. The van der Waals surface area contributed by atoms with Gasteiger partial charge in [0.15, 0.2) is 0 Å². The summed E-state index contributed by atoms with van der Waals surface area (Å²) in [5.41, 5.74) is 1.11. The number of likely N-dealkylation sites (tertiary alicyclic amines) is 1. The van der Waals surface area contributed by atoms with Crippen molar-refractivity contribution in [3.8, 4) is 17.2 Å². The van der Waals surface area contributed by atoms with Gasteiger partial charge >= 0.3 is 0 Å². The van der Waals surface area contributed by atoms with Gasteiger partial charge in [0.25, 0.3) is 0 Å². The van der Waals surface area contributed by atoms with Crippen LogP contribution in [0.15, 0.2) is 60.9 Å². The highest BCUT2D eigenvalue weighted by atomic mass is 35.5. The average Bonchev–Trinajstić information content (AvgIpc) is 3.19. The molecule has 2 aromatic carbocycles. The van der Waals surface area contributed by atoms with Crippen LogP contribution < -0.4 is 4.74 Å². The predicted molar refractivity (Wildman–Crippen MR) is 114 cm³/mol. The second kappa shape index (κ2) is 8.80. The third-order valence-corrected chi connectivity index (χ3v) is 5.76. The van der Waals surface area contributed by atoms with Crippen molar-refractivity contribution >= 4 is 11.6 Å². The van der Waals surface area contributed by atoms with E-state index in [-0.39, 0.29) is 0 Å². The fourth-order valence-corrected chi connectivity index (χ4v) is 3.92. The number of hydrogen-bond acceptors (Lipinski definition) is 3. The van der Waals surface area contributed by atoms with Crippen LogP contribution >= 0.6 is 11.6 Å². The zero-order valence-corrected chi connectivity index (χ0v) is 17.0. The Kier molecular flexibility index (Phi) is 5.98. The maximum absolute atomic E-state index is 5.93. The molecule has 146 valence electrons. The molecule has 0 saturated carbocycles. The number of halogens is 1. The van der Waals surface area contributed by atoms with Crippen LogP contribution in [0.25, 0.3) is 5.69 Å². The van der Waals surface area contributed by atoms with E-state index in [1.165, 1.54) is 25.9 Å². The summed E-state index contributed by atoms with van der Waals surface area (Å²) in [7, 11) is 0. The van der Waals surface area contributed by atoms with Crippen molar-refractivity contribution in [2.45, 2.75) is 26.2 Å². The molecule has 0 aliphatic carbocycles. The number of rotatable bonds is 6. The van der Waals surface area contributed by atoms with Crippen LogP contribution in [-0.2, 0) is 6.42 Å². The number of imidazole rings is 1. The van der Waals surface area contributed by atoms with E-state index >= 15 is 0 Å². The molecule has 1 aliphatic heterocycles. The molecule has 0 amide bonds. The molecule has 1 aromatic heterocycles. The van der Waals surface area contributed by atoms with Gasteiger partial charge in [-0.2, -0.15) is 0 Å². The van der Waals surface area contributed by atoms with E-state index in [1.807, 2.05) is 48.8 Å². The summed E-state index contributed by atoms with van der Waals surface area (Å²) < 4.78 is 8.08. The zero-order chi connectivity index (χ0) is 19.3. The Hall–Kier alpha value is -2.30. The van der Waals surface area contributed by atoms with Gasteiger partial charge in [-0.25, -0.2) is 4.98 Å². The summed E-state index contributed by atoms with van der Waals surface area (Å²) in [6.45, 7) is 5.82. The molecule has 1 fully saturated rings. The second-order valence-electron chi connectivity index (χ2n) is 7.35. The molecule has 28 heavy (non-hydrogen) atoms. The van der Waals surface area contributed by atoms with Crippen molar-refractivity contribution < 1.29 is 4.74 Å². The third-order valence-electron chi connectivity index (χ3n) is 5.51. The van der Waals surface area contributed by atoms with E-state index in [2.05, 4.69) is 33.5 Å². The predicted octanol–water partition coefficient (Wildman–Crippen LogP) is 5.59. The second-order valence-corrected chi connectivity index (χ2v) is 7.78. The van der Waals surface area contributed by atoms with Crippen LogP contribution in [0.5, 0.6) is 11.5 Å². The molecule has 0 unspecified atom stereocenters. The van der Waals surface area contributed by atoms with E-state index in [4.69, 9.17) is 16.3 Å². The van der Waals surface area contributed by atoms with E-state index in [0.717, 1.165) is 41.9 Å². The van der Waals surface area contributed by atoms with Crippen LogP contribution in [0, 0.1) is 5.92 Å². The Labute approximate surface area is 171 Å². The molecule has 0 N–H and O–H groups in total. The molecule has 1 saturated heterocycles. The number of benzene rings is 2. The van der Waals surface area contributed by atoms with E-state index in [1.54, 1.807) is 0 Å². The smallest absolute Gasteiger partial charge is 0.127 e. The summed E-state index contributed by atoms with van der Waals surface area (Å²) in [5.74, 6) is 3.44. The van der Waals surface area contributed by atoms with Gasteiger partial charge in [-0.3, -0.25) is 0 Å². The lowest BCUT2D eigenvalue weighted by molar-refractivity contribution is 0.190. The Morgan fingerprint density at radius 2 is 1.64 bits per heavy atom. The quantitative estimate of drug-likeness (QED) is 0.544. The van der Waals surface area contributed by atoms with Gasteiger partial charge in [0.1, 0.15) is 17.3 Å². The fraction of sp³-hybridized carbons (Fsp3) is 0.348. The largest absolute Gasteiger partial charge is 0.457 e. The lowest BCUT2D eigenvalue weighted by Crippen LogP contribution is -2.34. The SMILES string of the molecule is CCN1CCC(Cc2nccn2-c2ccc(Oc3ccc(Cl)cc3)cc2)CC1. The Balaban J connectivity index is 1.42. The average molecular weight is 396 g/mol. The van der Waals surface area contributed by atoms with Crippen LogP contribution in [0.4, 0.5) is 0 Å². The summed E-state index contributed by atoms with van der Waals surface area (Å²) in [5, 5.41) is 0.704. The Bertz CT molecular complexity index is 881. The van der Waals surface area contributed by atoms with Crippen molar-refractivity contribution in [3.63, 3.8) is 0 Å². The highest BCUT2D eigenvalue weighted by Gasteiger charge is 2.20. The maximum Gasteiger partial charge on any atom is 0.127 e. The van der Waals surface area contributed by atoms with Crippen molar-refractivity contribution in [1.29, 1.82) is 0 Å². The topological polar surface area (TPSA) is 30.3 Å². The molecule has 3 aromatic rings. The molecule has 0 bridgehead atoms. The van der Waals surface area contributed by atoms with Crippen molar-refractivity contribution in [2.24, 2.45) is 5.92 Å². The molecular weight excluding hydrogens is 370 g/mol. The number of hydrogen-bond donors (Lipinski definition) is 0. The molecule has 5 heteroatoms. The van der Waals surface area contributed by atoms with Crippen molar-refractivity contribution in [1.82, 2.24) is 14.5 Å². The normalized spacial score (nSPS) is 15.6. The van der Waals surface area contributed by atoms with Crippen LogP contribution in [0.1, 0.15) is 25.6 Å². The number of ether oxygens (including phenoxy) is 1. The minimum atomic E-state index is 0.704. The van der Waals surface area contributed by atoms with E-state index < -0.39 is 0 Å². The zero-order valence-electron chi connectivity index (χ0n) is 16.2. The molecule has 4 nitrogen and oxygen atoms in total. The first kappa shape index (κ1) is 19.0.